The van der Waals surface area contributed by atoms with Crippen LogP contribution in [0.25, 0.3) is 0 Å². The van der Waals surface area contributed by atoms with E-state index >= 15 is 0 Å². The lowest BCUT2D eigenvalue weighted by molar-refractivity contribution is 0.0950. The van der Waals surface area contributed by atoms with Crippen molar-refractivity contribution in [3.05, 3.63) is 34.0 Å². The highest BCUT2D eigenvalue weighted by Gasteiger charge is 2.13. The molecule has 0 aromatic carbocycles. The molecular formula is C11H12BrN5O2. The largest absolute Gasteiger partial charge is 0.372 e. The van der Waals surface area contributed by atoms with Gasteiger partial charge in [0, 0.05) is 24.6 Å². The molecule has 2 N–H and O–H groups in total. The molecule has 0 radical (unpaired) electrons. The first-order chi connectivity index (χ1) is 9.10. The van der Waals surface area contributed by atoms with E-state index in [2.05, 4.69) is 41.7 Å². The molecule has 19 heavy (non-hydrogen) atoms. The number of amides is 1. The van der Waals surface area contributed by atoms with E-state index in [9.17, 15) is 4.79 Å². The molecule has 2 aromatic heterocycles. The number of nitrogens with one attached hydrogen (secondary N) is 2. The molecule has 2 rings (SSSR count). The van der Waals surface area contributed by atoms with Crippen molar-refractivity contribution in [2.24, 2.45) is 0 Å². The van der Waals surface area contributed by atoms with Crippen LogP contribution in [-0.2, 0) is 6.54 Å². The van der Waals surface area contributed by atoms with Crippen LogP contribution in [0.5, 0.6) is 0 Å². The third-order valence-electron chi connectivity index (χ3n) is 2.31. The lowest BCUT2D eigenvalue weighted by Gasteiger charge is -2.08. The average molecular weight is 326 g/mol. The van der Waals surface area contributed by atoms with E-state index in [1.807, 2.05) is 0 Å². The summed E-state index contributed by atoms with van der Waals surface area (Å²) < 4.78 is 5.55. The predicted molar refractivity (Wildman–Crippen MR) is 71.7 cm³/mol. The fraction of sp³-hybridized carbons (Fsp3) is 0.273. The summed E-state index contributed by atoms with van der Waals surface area (Å²) in [6.07, 6.45) is 1.62. The third kappa shape index (κ3) is 3.28. The molecule has 0 bridgehead atoms. The van der Waals surface area contributed by atoms with E-state index in [0.29, 0.717) is 23.1 Å². The summed E-state index contributed by atoms with van der Waals surface area (Å²) in [7, 11) is 1.70. The first-order valence-electron chi connectivity index (χ1n) is 5.51. The molecule has 0 aliphatic heterocycles. The second kappa shape index (κ2) is 5.79. The molecule has 0 saturated carbocycles. The zero-order valence-corrected chi connectivity index (χ0v) is 12.0. The van der Waals surface area contributed by atoms with Crippen molar-refractivity contribution < 1.29 is 9.32 Å². The minimum atomic E-state index is -0.263. The highest BCUT2D eigenvalue weighted by atomic mass is 79.9. The molecule has 0 spiro atoms. The molecule has 0 aliphatic carbocycles. The zero-order chi connectivity index (χ0) is 13.8. The maximum Gasteiger partial charge on any atom is 0.255 e. The van der Waals surface area contributed by atoms with Gasteiger partial charge in [-0.15, -0.1) is 0 Å². The van der Waals surface area contributed by atoms with Crippen LogP contribution in [0.15, 0.2) is 21.3 Å². The number of hydrogen-bond acceptors (Lipinski definition) is 6. The molecular weight excluding hydrogens is 314 g/mol. The van der Waals surface area contributed by atoms with Gasteiger partial charge in [-0.1, -0.05) is 5.16 Å². The van der Waals surface area contributed by atoms with Gasteiger partial charge in [-0.3, -0.25) is 4.79 Å². The van der Waals surface area contributed by atoms with Gasteiger partial charge in [-0.25, -0.2) is 4.98 Å². The number of aryl methyl sites for hydroxylation is 1. The number of hydrogen-bond donors (Lipinski definition) is 2. The first-order valence-corrected chi connectivity index (χ1v) is 6.30. The van der Waals surface area contributed by atoms with Crippen LogP contribution in [0.2, 0.25) is 0 Å². The molecule has 0 fully saturated rings. The third-order valence-corrected chi connectivity index (χ3v) is 2.75. The number of aromatic nitrogens is 3. The number of carbonyl (C=O) groups is 1. The van der Waals surface area contributed by atoms with E-state index in [4.69, 9.17) is 4.52 Å². The Hall–Kier alpha value is -1.96. The topological polar surface area (TPSA) is 92.9 Å². The summed E-state index contributed by atoms with van der Waals surface area (Å²) in [5.74, 6) is 1.13. The van der Waals surface area contributed by atoms with Crippen molar-refractivity contribution >= 4 is 27.7 Å². The Morgan fingerprint density at radius 1 is 1.53 bits per heavy atom. The second-order valence-electron chi connectivity index (χ2n) is 3.71. The molecule has 0 aliphatic rings. The summed E-state index contributed by atoms with van der Waals surface area (Å²) in [6.45, 7) is 1.89. The van der Waals surface area contributed by atoms with Gasteiger partial charge in [-0.2, -0.15) is 4.98 Å². The molecule has 2 aromatic rings. The predicted octanol–water partition coefficient (Wildman–Crippen LogP) is 1.51. The highest BCUT2D eigenvalue weighted by Crippen LogP contribution is 2.17. The van der Waals surface area contributed by atoms with E-state index in [-0.39, 0.29) is 12.5 Å². The number of carbonyl (C=O) groups excluding carboxylic acids is 1. The number of nitrogens with zero attached hydrogens (tertiary/aromatic N) is 3. The lowest BCUT2D eigenvalue weighted by atomic mass is 10.2. The normalized spacial score (nSPS) is 10.3. The molecule has 1 amide bonds. The Morgan fingerprint density at radius 2 is 2.32 bits per heavy atom. The van der Waals surface area contributed by atoms with Crippen molar-refractivity contribution in [1.82, 2.24) is 20.4 Å². The Labute approximate surface area is 117 Å². The fourth-order valence-corrected chi connectivity index (χ4v) is 1.81. The Morgan fingerprint density at radius 3 is 2.95 bits per heavy atom. The summed E-state index contributed by atoms with van der Waals surface area (Å²) in [4.78, 5) is 20.2. The summed E-state index contributed by atoms with van der Waals surface area (Å²) in [6, 6.07) is 1.69. The summed E-state index contributed by atoms with van der Waals surface area (Å²) in [5.41, 5.74) is 0.442. The van der Waals surface area contributed by atoms with Crippen LogP contribution >= 0.6 is 15.9 Å². The summed E-state index contributed by atoms with van der Waals surface area (Å²) >= 11 is 3.28. The van der Waals surface area contributed by atoms with Gasteiger partial charge in [-0.05, 0) is 22.0 Å². The van der Waals surface area contributed by atoms with Crippen LogP contribution in [0.3, 0.4) is 0 Å². The average Bonchev–Trinajstić information content (AvgIpc) is 2.81. The smallest absolute Gasteiger partial charge is 0.255 e. The maximum absolute atomic E-state index is 12.1. The van der Waals surface area contributed by atoms with Gasteiger partial charge >= 0.3 is 0 Å². The zero-order valence-electron chi connectivity index (χ0n) is 10.4. The summed E-state index contributed by atoms with van der Waals surface area (Å²) in [5, 5.41) is 9.27. The van der Waals surface area contributed by atoms with Crippen LogP contribution < -0.4 is 10.6 Å². The monoisotopic (exact) mass is 325 g/mol. The van der Waals surface area contributed by atoms with Crippen LogP contribution in [0.1, 0.15) is 22.1 Å². The second-order valence-corrected chi connectivity index (χ2v) is 4.63. The van der Waals surface area contributed by atoms with E-state index in [0.717, 1.165) is 4.47 Å². The highest BCUT2D eigenvalue weighted by molar-refractivity contribution is 9.10. The van der Waals surface area contributed by atoms with Gasteiger partial charge in [0.1, 0.15) is 5.82 Å². The van der Waals surface area contributed by atoms with Crippen molar-refractivity contribution in [1.29, 1.82) is 0 Å². The van der Waals surface area contributed by atoms with Gasteiger partial charge in [0.25, 0.3) is 5.91 Å². The lowest BCUT2D eigenvalue weighted by Crippen LogP contribution is -2.24. The van der Waals surface area contributed by atoms with Crippen LogP contribution in [-0.4, -0.2) is 28.1 Å². The van der Waals surface area contributed by atoms with E-state index in [1.54, 1.807) is 26.2 Å². The van der Waals surface area contributed by atoms with Gasteiger partial charge in [0.15, 0.2) is 5.82 Å². The molecule has 8 heteroatoms. The molecule has 0 unspecified atom stereocenters. The minimum absolute atomic E-state index is 0.200. The quantitative estimate of drug-likeness (QED) is 0.885. The molecule has 0 atom stereocenters. The van der Waals surface area contributed by atoms with Gasteiger partial charge in [0.2, 0.25) is 5.89 Å². The van der Waals surface area contributed by atoms with Crippen LogP contribution in [0, 0.1) is 6.92 Å². The Kier molecular flexibility index (Phi) is 4.10. The van der Waals surface area contributed by atoms with Crippen molar-refractivity contribution in [3.8, 4) is 0 Å². The number of halogens is 1. The Bertz CT molecular complexity index is 599. The Balaban J connectivity index is 2.09. The van der Waals surface area contributed by atoms with Crippen molar-refractivity contribution in [2.45, 2.75) is 13.5 Å². The number of pyridine rings is 1. The molecule has 2 heterocycles. The maximum atomic E-state index is 12.1. The molecule has 100 valence electrons. The van der Waals surface area contributed by atoms with Gasteiger partial charge < -0.3 is 15.2 Å². The first kappa shape index (κ1) is 13.5. The van der Waals surface area contributed by atoms with Crippen molar-refractivity contribution in [2.75, 3.05) is 12.4 Å². The standard InChI is InChI=1S/C11H12BrN5O2/c1-6-16-9(17-19-6)5-15-11(18)8-3-7(12)4-14-10(8)13-2/h3-4H,5H2,1-2H3,(H,13,14)(H,15,18). The SMILES string of the molecule is CNc1ncc(Br)cc1C(=O)NCc1noc(C)n1. The molecule has 0 saturated heterocycles. The minimum Gasteiger partial charge on any atom is -0.372 e. The molecule has 7 nitrogen and oxygen atoms in total. The van der Waals surface area contributed by atoms with Crippen molar-refractivity contribution in [3.63, 3.8) is 0 Å². The van der Waals surface area contributed by atoms with Crippen LogP contribution in [0.4, 0.5) is 5.82 Å². The van der Waals surface area contributed by atoms with E-state index in [1.165, 1.54) is 0 Å². The fourth-order valence-electron chi connectivity index (χ4n) is 1.48. The van der Waals surface area contributed by atoms with E-state index < -0.39 is 0 Å². The van der Waals surface area contributed by atoms with Gasteiger partial charge in [0.05, 0.1) is 12.1 Å². The number of anilines is 1. The number of rotatable bonds is 4.